The van der Waals surface area contributed by atoms with Gasteiger partial charge in [0.2, 0.25) is 0 Å². The van der Waals surface area contributed by atoms with Crippen molar-refractivity contribution in [2.75, 3.05) is 52.4 Å². The number of fused-ring (bicyclic) bond motifs is 1. The van der Waals surface area contributed by atoms with Crippen molar-refractivity contribution in [2.45, 2.75) is 12.8 Å². The van der Waals surface area contributed by atoms with Crippen molar-refractivity contribution in [1.29, 1.82) is 0 Å². The van der Waals surface area contributed by atoms with E-state index in [0.29, 0.717) is 21.2 Å². The molecule has 3 aromatic rings. The number of H-pyrrole nitrogens is 1. The number of morpholine rings is 1. The summed E-state index contributed by atoms with van der Waals surface area (Å²) in [5, 5.41) is 4.68. The summed E-state index contributed by atoms with van der Waals surface area (Å²) in [6.07, 6.45) is 4.45. The molecule has 0 aliphatic carbocycles. The van der Waals surface area contributed by atoms with Crippen molar-refractivity contribution < 1.29 is 25.9 Å². The van der Waals surface area contributed by atoms with E-state index < -0.39 is 0 Å². The van der Waals surface area contributed by atoms with Crippen LogP contribution in [0.25, 0.3) is 22.3 Å². The predicted molar refractivity (Wildman–Crippen MR) is 111 cm³/mol. The van der Waals surface area contributed by atoms with Crippen LogP contribution in [0.3, 0.4) is 0 Å². The number of ether oxygens (including phenoxy) is 1. The minimum atomic E-state index is 0.396. The molecule has 0 saturated carbocycles. The number of benzene rings is 1. The molecular formula is C21H27IN5O-. The number of halogens is 1. The molecule has 7 heteroatoms. The van der Waals surface area contributed by atoms with Crippen LogP contribution >= 0.6 is 0 Å². The molecule has 1 aliphatic heterocycles. The van der Waals surface area contributed by atoms with E-state index in [1.165, 1.54) is 17.3 Å². The van der Waals surface area contributed by atoms with Crippen molar-refractivity contribution in [1.82, 2.24) is 15.0 Å². The van der Waals surface area contributed by atoms with Gasteiger partial charge in [0.25, 0.3) is 0 Å². The molecule has 150 valence electrons. The van der Waals surface area contributed by atoms with Crippen LogP contribution in [-0.4, -0.2) is 57.2 Å². The number of aromatic amines is 1. The Bertz CT molecular complexity index is 907. The number of hydrogen-bond donors (Lipinski definition) is 2. The number of rotatable bonds is 8. The molecule has 28 heavy (non-hydrogen) atoms. The molecule has 0 atom stereocenters. The van der Waals surface area contributed by atoms with Crippen LogP contribution in [0.15, 0.2) is 36.5 Å². The van der Waals surface area contributed by atoms with Gasteiger partial charge in [0.05, 0.1) is 0 Å². The van der Waals surface area contributed by atoms with E-state index in [2.05, 4.69) is 50.5 Å². The summed E-state index contributed by atoms with van der Waals surface area (Å²) in [4.78, 5) is 17.7. The fourth-order valence-electron chi connectivity index (χ4n) is 3.45. The number of alkyl halides is 2. The minimum absolute atomic E-state index is 0.396. The number of hydrogen-bond acceptors (Lipinski definition) is 5. The maximum atomic E-state index is 5.51. The van der Waals surface area contributed by atoms with Gasteiger partial charge in [-0.3, -0.25) is 0 Å². The SMILES string of the molecule is C[I-]CCCCNc1cc(N2CCOCC2)nc(-c2cccc3[nH]ccc23)n1. The predicted octanol–water partition coefficient (Wildman–Crippen LogP) is 0.372. The molecular weight excluding hydrogens is 465 g/mol. The number of aromatic nitrogens is 3. The summed E-state index contributed by atoms with van der Waals surface area (Å²) in [6.45, 7) is 4.18. The zero-order chi connectivity index (χ0) is 19.2. The molecule has 0 amide bonds. The van der Waals surface area contributed by atoms with Gasteiger partial charge in [-0.2, -0.15) is 0 Å². The first kappa shape index (κ1) is 19.4. The molecule has 4 rings (SSSR count). The third-order valence-corrected chi connectivity index (χ3v) is 6.78. The van der Waals surface area contributed by atoms with E-state index in [4.69, 9.17) is 14.7 Å². The second-order valence-electron chi connectivity index (χ2n) is 6.87. The number of nitrogens with one attached hydrogen (secondary N) is 2. The molecule has 1 fully saturated rings. The molecule has 2 N–H and O–H groups in total. The first-order valence-electron chi connectivity index (χ1n) is 9.81. The second kappa shape index (κ2) is 9.56. The van der Waals surface area contributed by atoms with Crippen LogP contribution in [0.1, 0.15) is 12.8 Å². The fourth-order valence-corrected chi connectivity index (χ4v) is 4.75. The third-order valence-electron chi connectivity index (χ3n) is 4.94. The van der Waals surface area contributed by atoms with Gasteiger partial charge in [0, 0.05) is 0 Å². The molecule has 3 heterocycles. The average molecular weight is 492 g/mol. The summed E-state index contributed by atoms with van der Waals surface area (Å²) in [5.74, 6) is 2.66. The Morgan fingerprint density at radius 2 is 2.07 bits per heavy atom. The Kier molecular flexibility index (Phi) is 6.64. The van der Waals surface area contributed by atoms with E-state index in [0.717, 1.165) is 66.8 Å². The van der Waals surface area contributed by atoms with Crippen LogP contribution in [-0.2, 0) is 4.74 Å². The Balaban J connectivity index is 1.64. The Morgan fingerprint density at radius 3 is 2.93 bits per heavy atom. The topological polar surface area (TPSA) is 66.1 Å². The molecule has 6 nitrogen and oxygen atoms in total. The summed E-state index contributed by atoms with van der Waals surface area (Å²) in [6, 6.07) is 10.4. The first-order chi connectivity index (χ1) is 13.8. The summed E-state index contributed by atoms with van der Waals surface area (Å²) < 4.78 is 6.91. The van der Waals surface area contributed by atoms with Gasteiger partial charge in [-0.15, -0.1) is 0 Å². The van der Waals surface area contributed by atoms with Gasteiger partial charge in [-0.1, -0.05) is 0 Å². The van der Waals surface area contributed by atoms with Crippen LogP contribution in [0, 0.1) is 0 Å². The van der Waals surface area contributed by atoms with Gasteiger partial charge in [-0.25, -0.2) is 0 Å². The van der Waals surface area contributed by atoms with E-state index in [1.54, 1.807) is 0 Å². The van der Waals surface area contributed by atoms with Crippen molar-refractivity contribution >= 4 is 22.5 Å². The molecule has 2 aromatic heterocycles. The number of nitrogens with zero attached hydrogens (tertiary/aromatic N) is 3. The Labute approximate surface area is 176 Å². The summed E-state index contributed by atoms with van der Waals surface area (Å²) in [5.41, 5.74) is 2.17. The number of anilines is 2. The fraction of sp³-hybridized carbons (Fsp3) is 0.429. The van der Waals surface area contributed by atoms with Crippen molar-refractivity contribution in [3.63, 3.8) is 0 Å². The van der Waals surface area contributed by atoms with Gasteiger partial charge in [0.1, 0.15) is 0 Å². The summed E-state index contributed by atoms with van der Waals surface area (Å²) in [7, 11) is 0. The molecule has 1 aliphatic rings. The van der Waals surface area contributed by atoms with Crippen molar-refractivity contribution in [3.05, 3.63) is 36.5 Å². The quantitative estimate of drug-likeness (QED) is 0.271. The summed E-state index contributed by atoms with van der Waals surface area (Å²) >= 11 is 0.396. The normalized spacial score (nSPS) is 14.7. The first-order valence-corrected chi connectivity index (χ1v) is 13.5. The zero-order valence-corrected chi connectivity index (χ0v) is 18.4. The van der Waals surface area contributed by atoms with Crippen molar-refractivity contribution in [2.24, 2.45) is 0 Å². The second-order valence-corrected chi connectivity index (χ2v) is 9.47. The van der Waals surface area contributed by atoms with Gasteiger partial charge in [-0.05, 0) is 0 Å². The monoisotopic (exact) mass is 492 g/mol. The molecule has 0 spiro atoms. The van der Waals surface area contributed by atoms with Crippen LogP contribution in [0.2, 0.25) is 0 Å². The average Bonchev–Trinajstić information content (AvgIpc) is 3.23. The Hall–Kier alpha value is -1.87. The van der Waals surface area contributed by atoms with Gasteiger partial charge < -0.3 is 0 Å². The molecule has 1 saturated heterocycles. The zero-order valence-electron chi connectivity index (χ0n) is 16.2. The maximum absolute atomic E-state index is 5.51. The van der Waals surface area contributed by atoms with Crippen LogP contribution < -0.4 is 31.4 Å². The molecule has 1 aromatic carbocycles. The van der Waals surface area contributed by atoms with E-state index in [1.807, 2.05) is 6.20 Å². The van der Waals surface area contributed by atoms with E-state index >= 15 is 0 Å². The van der Waals surface area contributed by atoms with E-state index in [-0.39, 0.29) is 0 Å². The third kappa shape index (κ3) is 4.57. The van der Waals surface area contributed by atoms with E-state index in [9.17, 15) is 0 Å². The molecule has 0 bridgehead atoms. The van der Waals surface area contributed by atoms with Crippen LogP contribution in [0.5, 0.6) is 0 Å². The molecule has 0 radical (unpaired) electrons. The van der Waals surface area contributed by atoms with Gasteiger partial charge >= 0.3 is 177 Å². The Morgan fingerprint density at radius 1 is 1.18 bits per heavy atom. The molecule has 0 unspecified atom stereocenters. The van der Waals surface area contributed by atoms with Gasteiger partial charge in [0.15, 0.2) is 0 Å². The van der Waals surface area contributed by atoms with Crippen LogP contribution in [0.4, 0.5) is 11.6 Å². The standard InChI is InChI=1S/C21H27IN5O/c1-22-8-2-3-9-24-19-15-20(27-11-13-28-14-12-27)26-21(25-19)17-5-4-6-18-16(17)7-10-23-18/h4-7,10,15,23H,2-3,8-9,11-14H2,1H3,(H,24,25,26)/q-1. The van der Waals surface area contributed by atoms with Crippen molar-refractivity contribution in [3.8, 4) is 11.4 Å². The number of unbranched alkanes of at least 4 members (excludes halogenated alkanes) is 1.